The van der Waals surface area contributed by atoms with Crippen molar-refractivity contribution in [2.24, 2.45) is 5.41 Å². The maximum atomic E-state index is 12.2. The number of carbonyl (C=O) groups excluding carboxylic acids is 2. The number of esters is 1. The van der Waals surface area contributed by atoms with Gasteiger partial charge < -0.3 is 9.15 Å². The summed E-state index contributed by atoms with van der Waals surface area (Å²) in [6, 6.07) is 3.12. The molecular formula is C13H15NO6. The molecule has 7 heteroatoms. The zero-order chi connectivity index (χ0) is 14.8. The minimum Gasteiger partial charge on any atom is -0.469 e. The van der Waals surface area contributed by atoms with Crippen LogP contribution in [0.3, 0.4) is 0 Å². The molecule has 0 bridgehead atoms. The third-order valence-electron chi connectivity index (χ3n) is 3.84. The zero-order valence-corrected chi connectivity index (χ0v) is 11.0. The highest BCUT2D eigenvalue weighted by atomic mass is 16.6. The second-order valence-electron chi connectivity index (χ2n) is 4.82. The molecule has 0 N–H and O–H groups in total. The molecule has 1 aromatic rings. The van der Waals surface area contributed by atoms with Crippen LogP contribution in [-0.2, 0) is 14.3 Å². The average molecular weight is 281 g/mol. The Morgan fingerprint density at radius 2 is 2.40 bits per heavy atom. The van der Waals surface area contributed by atoms with Crippen LogP contribution < -0.4 is 0 Å². The molecule has 0 radical (unpaired) electrons. The SMILES string of the molecule is COC(=O)[C@]1([C@H](C[N+](=O)[O-])c2ccco2)CCCC1=O. The van der Waals surface area contributed by atoms with Crippen molar-refractivity contribution in [1.29, 1.82) is 0 Å². The van der Waals surface area contributed by atoms with Gasteiger partial charge in [0.1, 0.15) is 17.1 Å². The summed E-state index contributed by atoms with van der Waals surface area (Å²) in [4.78, 5) is 34.8. The molecule has 0 aromatic carbocycles. The molecule has 108 valence electrons. The number of nitrogens with zero attached hydrogens (tertiary/aromatic N) is 1. The number of nitro groups is 1. The second kappa shape index (κ2) is 5.44. The fraction of sp³-hybridized carbons (Fsp3) is 0.538. The van der Waals surface area contributed by atoms with Crippen LogP contribution in [0.2, 0.25) is 0 Å². The van der Waals surface area contributed by atoms with E-state index in [1.807, 2.05) is 0 Å². The number of ether oxygens (including phenoxy) is 1. The van der Waals surface area contributed by atoms with Gasteiger partial charge in [0, 0.05) is 11.3 Å². The van der Waals surface area contributed by atoms with E-state index in [0.29, 0.717) is 6.42 Å². The molecule has 2 atom stereocenters. The van der Waals surface area contributed by atoms with Gasteiger partial charge in [-0.25, -0.2) is 0 Å². The molecule has 0 spiro atoms. The minimum absolute atomic E-state index is 0.226. The summed E-state index contributed by atoms with van der Waals surface area (Å²) < 4.78 is 9.96. The fourth-order valence-corrected chi connectivity index (χ4v) is 2.93. The molecule has 1 aromatic heterocycles. The lowest BCUT2D eigenvalue weighted by molar-refractivity contribution is -0.486. The van der Waals surface area contributed by atoms with E-state index >= 15 is 0 Å². The van der Waals surface area contributed by atoms with E-state index in [-0.39, 0.29) is 24.4 Å². The van der Waals surface area contributed by atoms with Crippen molar-refractivity contribution >= 4 is 11.8 Å². The van der Waals surface area contributed by atoms with Gasteiger partial charge in [0.15, 0.2) is 5.78 Å². The molecule has 7 nitrogen and oxygen atoms in total. The quantitative estimate of drug-likeness (QED) is 0.351. The van der Waals surface area contributed by atoms with Crippen molar-refractivity contribution in [3.8, 4) is 0 Å². The van der Waals surface area contributed by atoms with Gasteiger partial charge >= 0.3 is 5.97 Å². The lowest BCUT2D eigenvalue weighted by Crippen LogP contribution is -2.44. The van der Waals surface area contributed by atoms with E-state index in [1.165, 1.54) is 13.4 Å². The molecule has 1 heterocycles. The van der Waals surface area contributed by atoms with E-state index in [9.17, 15) is 19.7 Å². The van der Waals surface area contributed by atoms with Crippen LogP contribution in [0.4, 0.5) is 0 Å². The zero-order valence-electron chi connectivity index (χ0n) is 11.0. The fourth-order valence-electron chi connectivity index (χ4n) is 2.93. The van der Waals surface area contributed by atoms with Crippen LogP contribution in [-0.4, -0.2) is 30.3 Å². The summed E-state index contributed by atoms with van der Waals surface area (Å²) in [6.07, 6.45) is 2.36. The van der Waals surface area contributed by atoms with Crippen molar-refractivity contribution in [1.82, 2.24) is 0 Å². The van der Waals surface area contributed by atoms with Gasteiger partial charge in [0.05, 0.1) is 13.4 Å². The predicted octanol–water partition coefficient (Wildman–Crippen LogP) is 1.55. The van der Waals surface area contributed by atoms with E-state index < -0.39 is 28.8 Å². The summed E-state index contributed by atoms with van der Waals surface area (Å²) >= 11 is 0. The van der Waals surface area contributed by atoms with E-state index in [4.69, 9.17) is 9.15 Å². The number of methoxy groups -OCH3 is 1. The van der Waals surface area contributed by atoms with Crippen molar-refractivity contribution in [3.05, 3.63) is 34.3 Å². The Morgan fingerprint density at radius 3 is 2.85 bits per heavy atom. The van der Waals surface area contributed by atoms with Crippen LogP contribution in [0.15, 0.2) is 22.8 Å². The standard InChI is InChI=1S/C13H15NO6/c1-19-12(16)13(6-2-5-11(13)15)9(8-14(17)18)10-4-3-7-20-10/h3-4,7,9H,2,5-6,8H2,1H3/t9-,13+/m1/s1. The van der Waals surface area contributed by atoms with E-state index in [1.54, 1.807) is 12.1 Å². The Bertz CT molecular complexity index is 523. The Hall–Kier alpha value is -2.18. The van der Waals surface area contributed by atoms with Gasteiger partial charge in [0.25, 0.3) is 0 Å². The Labute approximate surface area is 115 Å². The maximum Gasteiger partial charge on any atom is 0.320 e. The highest BCUT2D eigenvalue weighted by Gasteiger charge is 2.58. The molecule has 2 rings (SSSR count). The number of hydrogen-bond acceptors (Lipinski definition) is 6. The molecule has 0 aliphatic heterocycles. The van der Waals surface area contributed by atoms with Crippen molar-refractivity contribution in [2.45, 2.75) is 25.2 Å². The molecule has 0 amide bonds. The number of carbonyl (C=O) groups is 2. The normalized spacial score (nSPS) is 23.6. The highest BCUT2D eigenvalue weighted by molar-refractivity contribution is 6.06. The summed E-state index contributed by atoms with van der Waals surface area (Å²) in [5.41, 5.74) is -1.50. The highest BCUT2D eigenvalue weighted by Crippen LogP contribution is 2.47. The molecule has 1 aliphatic carbocycles. The third kappa shape index (κ3) is 2.19. The van der Waals surface area contributed by atoms with E-state index in [2.05, 4.69) is 0 Å². The minimum atomic E-state index is -1.50. The molecule has 0 unspecified atom stereocenters. The van der Waals surface area contributed by atoms with Crippen LogP contribution in [0.5, 0.6) is 0 Å². The van der Waals surface area contributed by atoms with Gasteiger partial charge in [-0.05, 0) is 25.0 Å². The Kier molecular flexibility index (Phi) is 3.87. The lowest BCUT2D eigenvalue weighted by atomic mass is 9.71. The predicted molar refractivity (Wildman–Crippen MR) is 66.6 cm³/mol. The number of furan rings is 1. The lowest BCUT2D eigenvalue weighted by Gasteiger charge is -2.29. The first kappa shape index (κ1) is 14.2. The van der Waals surface area contributed by atoms with Gasteiger partial charge in [-0.2, -0.15) is 0 Å². The van der Waals surface area contributed by atoms with Crippen LogP contribution in [0.25, 0.3) is 0 Å². The monoisotopic (exact) mass is 281 g/mol. The number of hydrogen-bond donors (Lipinski definition) is 0. The van der Waals surface area contributed by atoms with Gasteiger partial charge in [-0.15, -0.1) is 0 Å². The molecule has 0 saturated heterocycles. The second-order valence-corrected chi connectivity index (χ2v) is 4.82. The van der Waals surface area contributed by atoms with Gasteiger partial charge in [0.2, 0.25) is 6.54 Å². The topological polar surface area (TPSA) is 99.7 Å². The Balaban J connectivity index is 2.50. The third-order valence-corrected chi connectivity index (χ3v) is 3.84. The first-order chi connectivity index (χ1) is 9.52. The van der Waals surface area contributed by atoms with E-state index in [0.717, 1.165) is 0 Å². The molecule has 1 saturated carbocycles. The average Bonchev–Trinajstić information content (AvgIpc) is 3.05. The van der Waals surface area contributed by atoms with Crippen molar-refractivity contribution in [3.63, 3.8) is 0 Å². The Morgan fingerprint density at radius 1 is 1.65 bits per heavy atom. The summed E-state index contributed by atoms with van der Waals surface area (Å²) in [5.74, 6) is -1.70. The molecular weight excluding hydrogens is 266 g/mol. The molecule has 1 aliphatic rings. The van der Waals surface area contributed by atoms with Crippen LogP contribution in [0.1, 0.15) is 30.9 Å². The number of Topliss-reactive ketones (excluding diaryl/α,β-unsaturated/α-hetero) is 1. The van der Waals surface area contributed by atoms with Crippen molar-refractivity contribution < 1.29 is 23.7 Å². The van der Waals surface area contributed by atoms with Gasteiger partial charge in [-0.3, -0.25) is 19.7 Å². The summed E-state index contributed by atoms with van der Waals surface area (Å²) in [6.45, 7) is -0.547. The van der Waals surface area contributed by atoms with Crippen LogP contribution in [0, 0.1) is 15.5 Å². The largest absolute Gasteiger partial charge is 0.469 e. The molecule has 20 heavy (non-hydrogen) atoms. The van der Waals surface area contributed by atoms with Crippen molar-refractivity contribution in [2.75, 3.05) is 13.7 Å². The first-order valence-corrected chi connectivity index (χ1v) is 6.29. The molecule has 1 fully saturated rings. The van der Waals surface area contributed by atoms with Gasteiger partial charge in [-0.1, -0.05) is 0 Å². The number of rotatable bonds is 5. The summed E-state index contributed by atoms with van der Waals surface area (Å²) in [5, 5.41) is 10.9. The summed E-state index contributed by atoms with van der Waals surface area (Å²) in [7, 11) is 1.18. The number of ketones is 1. The maximum absolute atomic E-state index is 12.2. The van der Waals surface area contributed by atoms with Crippen LogP contribution >= 0.6 is 0 Å². The smallest absolute Gasteiger partial charge is 0.320 e. The first-order valence-electron chi connectivity index (χ1n) is 6.29.